The van der Waals surface area contributed by atoms with Crippen molar-refractivity contribution in [3.8, 4) is 5.75 Å². The molecular weight excluding hydrogens is 236 g/mol. The van der Waals surface area contributed by atoms with Gasteiger partial charge in [-0.1, -0.05) is 26.0 Å². The Kier molecular flexibility index (Phi) is 4.61. The zero-order valence-corrected chi connectivity index (χ0v) is 12.0. The number of imidazole rings is 1. The molecule has 0 saturated carbocycles. The standard InChI is InChI=1S/C16H22N2O/c1-4-13(2)14-5-7-15(8-6-14)19-12-9-16-17-10-11-18(16)3/h5-8,10-11,13H,4,9,12H2,1-3H3. The molecule has 0 spiro atoms. The van der Waals surface area contributed by atoms with Gasteiger partial charge in [-0.05, 0) is 30.0 Å². The summed E-state index contributed by atoms with van der Waals surface area (Å²) in [5.41, 5.74) is 1.37. The summed E-state index contributed by atoms with van der Waals surface area (Å²) in [4.78, 5) is 4.28. The third-order valence-corrected chi connectivity index (χ3v) is 3.58. The van der Waals surface area contributed by atoms with E-state index >= 15 is 0 Å². The predicted molar refractivity (Wildman–Crippen MR) is 77.6 cm³/mol. The molecule has 0 bridgehead atoms. The van der Waals surface area contributed by atoms with E-state index in [1.807, 2.05) is 24.0 Å². The van der Waals surface area contributed by atoms with Crippen molar-refractivity contribution in [3.63, 3.8) is 0 Å². The van der Waals surface area contributed by atoms with E-state index in [1.165, 1.54) is 12.0 Å². The van der Waals surface area contributed by atoms with Gasteiger partial charge in [0.25, 0.3) is 0 Å². The largest absolute Gasteiger partial charge is 0.493 e. The number of ether oxygens (including phenoxy) is 1. The normalized spacial score (nSPS) is 12.4. The second kappa shape index (κ2) is 6.41. The van der Waals surface area contributed by atoms with Crippen LogP contribution in [0.15, 0.2) is 36.7 Å². The van der Waals surface area contributed by atoms with E-state index in [0.29, 0.717) is 12.5 Å². The quantitative estimate of drug-likeness (QED) is 0.792. The smallest absolute Gasteiger partial charge is 0.119 e. The minimum absolute atomic E-state index is 0.613. The second-order valence-electron chi connectivity index (χ2n) is 4.93. The number of hydrogen-bond donors (Lipinski definition) is 0. The van der Waals surface area contributed by atoms with Crippen LogP contribution in [0.3, 0.4) is 0 Å². The fourth-order valence-electron chi connectivity index (χ4n) is 2.03. The lowest BCUT2D eigenvalue weighted by Gasteiger charge is -2.10. The second-order valence-corrected chi connectivity index (χ2v) is 4.93. The molecule has 1 heterocycles. The molecule has 1 aromatic heterocycles. The monoisotopic (exact) mass is 258 g/mol. The molecular formula is C16H22N2O. The summed E-state index contributed by atoms with van der Waals surface area (Å²) in [5, 5.41) is 0. The van der Waals surface area contributed by atoms with Gasteiger partial charge in [-0.25, -0.2) is 4.98 Å². The third-order valence-electron chi connectivity index (χ3n) is 3.58. The van der Waals surface area contributed by atoms with Gasteiger partial charge in [0.1, 0.15) is 11.6 Å². The fourth-order valence-corrected chi connectivity index (χ4v) is 2.03. The minimum Gasteiger partial charge on any atom is -0.493 e. The van der Waals surface area contributed by atoms with Gasteiger partial charge in [-0.3, -0.25) is 0 Å². The number of hydrogen-bond acceptors (Lipinski definition) is 2. The fraction of sp³-hybridized carbons (Fsp3) is 0.438. The molecule has 19 heavy (non-hydrogen) atoms. The van der Waals surface area contributed by atoms with Crippen molar-refractivity contribution in [2.45, 2.75) is 32.6 Å². The van der Waals surface area contributed by atoms with Crippen molar-refractivity contribution in [2.75, 3.05) is 6.61 Å². The van der Waals surface area contributed by atoms with Crippen molar-refractivity contribution in [1.82, 2.24) is 9.55 Å². The molecule has 0 aliphatic heterocycles. The van der Waals surface area contributed by atoms with Crippen LogP contribution >= 0.6 is 0 Å². The van der Waals surface area contributed by atoms with E-state index in [4.69, 9.17) is 4.74 Å². The van der Waals surface area contributed by atoms with Gasteiger partial charge in [-0.2, -0.15) is 0 Å². The molecule has 0 aliphatic carbocycles. The predicted octanol–water partition coefficient (Wildman–Crippen LogP) is 3.56. The van der Waals surface area contributed by atoms with Crippen LogP contribution in [0, 0.1) is 0 Å². The molecule has 0 radical (unpaired) electrons. The summed E-state index contributed by atoms with van der Waals surface area (Å²) in [7, 11) is 2.00. The number of rotatable bonds is 6. The van der Waals surface area contributed by atoms with E-state index in [2.05, 4.69) is 43.1 Å². The molecule has 0 N–H and O–H groups in total. The molecule has 102 valence electrons. The van der Waals surface area contributed by atoms with Crippen LogP contribution in [0.25, 0.3) is 0 Å². The number of nitrogens with zero attached hydrogens (tertiary/aromatic N) is 2. The first-order valence-corrected chi connectivity index (χ1v) is 6.89. The number of aromatic nitrogens is 2. The molecule has 1 atom stereocenters. The van der Waals surface area contributed by atoms with Gasteiger partial charge in [-0.15, -0.1) is 0 Å². The summed E-state index contributed by atoms with van der Waals surface area (Å²) in [6.45, 7) is 5.12. The Balaban J connectivity index is 1.85. The summed E-state index contributed by atoms with van der Waals surface area (Å²) >= 11 is 0. The molecule has 1 unspecified atom stereocenters. The Morgan fingerprint density at radius 1 is 1.26 bits per heavy atom. The highest BCUT2D eigenvalue weighted by molar-refractivity contribution is 5.29. The van der Waals surface area contributed by atoms with Gasteiger partial charge in [0.2, 0.25) is 0 Å². The Morgan fingerprint density at radius 3 is 2.58 bits per heavy atom. The summed E-state index contributed by atoms with van der Waals surface area (Å²) in [6.07, 6.45) is 5.77. The van der Waals surface area contributed by atoms with Gasteiger partial charge in [0.15, 0.2) is 0 Å². The molecule has 2 aromatic rings. The van der Waals surface area contributed by atoms with E-state index < -0.39 is 0 Å². The van der Waals surface area contributed by atoms with Gasteiger partial charge in [0.05, 0.1) is 6.61 Å². The van der Waals surface area contributed by atoms with E-state index in [0.717, 1.165) is 18.0 Å². The zero-order chi connectivity index (χ0) is 13.7. The van der Waals surface area contributed by atoms with Crippen LogP contribution in [0.2, 0.25) is 0 Å². The van der Waals surface area contributed by atoms with Crippen molar-refractivity contribution < 1.29 is 4.74 Å². The molecule has 0 saturated heterocycles. The highest BCUT2D eigenvalue weighted by Crippen LogP contribution is 2.21. The van der Waals surface area contributed by atoms with Crippen LogP contribution in [0.4, 0.5) is 0 Å². The van der Waals surface area contributed by atoms with Crippen molar-refractivity contribution in [3.05, 3.63) is 48.0 Å². The van der Waals surface area contributed by atoms with Crippen LogP contribution in [0.5, 0.6) is 5.75 Å². The first-order chi connectivity index (χ1) is 9.20. The Morgan fingerprint density at radius 2 is 2.00 bits per heavy atom. The maximum Gasteiger partial charge on any atom is 0.119 e. The maximum absolute atomic E-state index is 5.75. The number of benzene rings is 1. The minimum atomic E-state index is 0.613. The molecule has 0 fully saturated rings. The number of aryl methyl sites for hydroxylation is 1. The lowest BCUT2D eigenvalue weighted by molar-refractivity contribution is 0.317. The first kappa shape index (κ1) is 13.7. The summed E-state index contributed by atoms with van der Waals surface area (Å²) < 4.78 is 7.77. The van der Waals surface area contributed by atoms with Crippen LogP contribution < -0.4 is 4.74 Å². The summed E-state index contributed by atoms with van der Waals surface area (Å²) in [5.74, 6) is 2.60. The van der Waals surface area contributed by atoms with Crippen molar-refractivity contribution in [1.29, 1.82) is 0 Å². The first-order valence-electron chi connectivity index (χ1n) is 6.89. The topological polar surface area (TPSA) is 27.1 Å². The summed E-state index contributed by atoms with van der Waals surface area (Å²) in [6, 6.07) is 8.42. The molecule has 3 heteroatoms. The molecule has 0 amide bonds. The lowest BCUT2D eigenvalue weighted by Crippen LogP contribution is -2.06. The Labute approximate surface area is 115 Å². The highest BCUT2D eigenvalue weighted by atomic mass is 16.5. The highest BCUT2D eigenvalue weighted by Gasteiger charge is 2.03. The molecule has 3 nitrogen and oxygen atoms in total. The Hall–Kier alpha value is -1.77. The maximum atomic E-state index is 5.75. The SMILES string of the molecule is CCC(C)c1ccc(OCCc2nccn2C)cc1. The third kappa shape index (κ3) is 3.60. The molecule has 2 rings (SSSR count). The van der Waals surface area contributed by atoms with Crippen molar-refractivity contribution >= 4 is 0 Å². The van der Waals surface area contributed by atoms with E-state index in [1.54, 1.807) is 0 Å². The Bertz CT molecular complexity index is 502. The zero-order valence-electron chi connectivity index (χ0n) is 12.0. The van der Waals surface area contributed by atoms with E-state index in [-0.39, 0.29) is 0 Å². The van der Waals surface area contributed by atoms with Crippen LogP contribution in [-0.4, -0.2) is 16.2 Å². The van der Waals surface area contributed by atoms with E-state index in [9.17, 15) is 0 Å². The lowest BCUT2D eigenvalue weighted by atomic mass is 9.99. The van der Waals surface area contributed by atoms with Crippen LogP contribution in [0.1, 0.15) is 37.6 Å². The molecule has 1 aromatic carbocycles. The van der Waals surface area contributed by atoms with Gasteiger partial charge in [0, 0.05) is 25.9 Å². The van der Waals surface area contributed by atoms with Gasteiger partial charge < -0.3 is 9.30 Å². The van der Waals surface area contributed by atoms with Crippen molar-refractivity contribution in [2.24, 2.45) is 7.05 Å². The molecule has 0 aliphatic rings. The van der Waals surface area contributed by atoms with Gasteiger partial charge >= 0.3 is 0 Å². The van der Waals surface area contributed by atoms with Crippen LogP contribution in [-0.2, 0) is 13.5 Å². The average Bonchev–Trinajstić information content (AvgIpc) is 2.84. The average molecular weight is 258 g/mol.